The number of hydroxylamine groups is 2. The molecule has 41 heavy (non-hydrogen) atoms. The Morgan fingerprint density at radius 2 is 1.88 bits per heavy atom. The number of hydrogen-bond donors (Lipinski definition) is 0. The van der Waals surface area contributed by atoms with E-state index < -0.39 is 0 Å². The molecule has 3 aromatic rings. The molecule has 0 radical (unpaired) electrons. The van der Waals surface area contributed by atoms with Crippen molar-refractivity contribution >= 4 is 39.8 Å². The smallest absolute Gasteiger partial charge is 0.318 e. The summed E-state index contributed by atoms with van der Waals surface area (Å²) in [6, 6.07) is 13.2. The van der Waals surface area contributed by atoms with E-state index in [-0.39, 0.29) is 11.8 Å². The lowest BCUT2D eigenvalue weighted by Gasteiger charge is -2.34. The van der Waals surface area contributed by atoms with Gasteiger partial charge in [0.1, 0.15) is 12.4 Å². The summed E-state index contributed by atoms with van der Waals surface area (Å²) < 4.78 is 6.29. The summed E-state index contributed by atoms with van der Waals surface area (Å²) in [6.07, 6.45) is 3.15. The fraction of sp³-hybridized carbons (Fsp3) is 0.516. The number of hydrogen-bond acceptors (Lipinski definition) is 8. The third-order valence-electron chi connectivity index (χ3n) is 9.63. The molecule has 1 aromatic heterocycles. The number of carbonyl (C=O) groups is 1. The lowest BCUT2D eigenvalue weighted by Crippen LogP contribution is -2.36. The number of ether oxygens (including phenoxy) is 1. The van der Waals surface area contributed by atoms with Crippen molar-refractivity contribution in [1.29, 1.82) is 0 Å². The molecule has 1 amide bonds. The summed E-state index contributed by atoms with van der Waals surface area (Å²) >= 11 is 6.70. The van der Waals surface area contributed by atoms with E-state index in [1.165, 1.54) is 24.2 Å². The minimum absolute atomic E-state index is 0.0362. The van der Waals surface area contributed by atoms with Crippen molar-refractivity contribution < 1.29 is 14.4 Å². The number of carbonyl (C=O) groups excluding carboxylic acids is 1. The Labute approximate surface area is 245 Å². The van der Waals surface area contributed by atoms with E-state index >= 15 is 0 Å². The number of rotatable bonds is 7. The highest BCUT2D eigenvalue weighted by atomic mass is 35.5. The first-order valence-electron chi connectivity index (χ1n) is 14.6. The van der Waals surface area contributed by atoms with E-state index in [1.807, 2.05) is 12.1 Å². The zero-order valence-corrected chi connectivity index (χ0v) is 24.7. The minimum Gasteiger partial charge on any atom is -0.462 e. The molecule has 0 N–H and O–H groups in total. The maximum Gasteiger partial charge on any atom is 0.318 e. The van der Waals surface area contributed by atoms with Crippen LogP contribution in [0.25, 0.3) is 10.8 Å². The maximum absolute atomic E-state index is 12.7. The standard InChI is InChI=1S/C31H37ClN6O3/c1-35-13-6-9-20(35)18-41-31-33-25-17-37(26-11-5-8-19-7-4-10-24(32)27(19)26)14-12-21(25)29(34-31)38-15-22-23(16-38)28(22)30(39)36(2)40-3/h4-5,7-8,10-11,20,22-23,28H,6,9,12-18H2,1-3H3/t20-,22-,23+,28+/m0/s1. The van der Waals surface area contributed by atoms with Crippen LogP contribution < -0.4 is 14.5 Å². The van der Waals surface area contributed by atoms with Crippen LogP contribution in [0.5, 0.6) is 6.01 Å². The number of halogens is 1. The first-order valence-corrected chi connectivity index (χ1v) is 15.0. The average Bonchev–Trinajstić information content (AvgIpc) is 3.26. The molecule has 0 bridgehead atoms. The van der Waals surface area contributed by atoms with Crippen LogP contribution in [-0.4, -0.2) is 85.9 Å². The first-order chi connectivity index (χ1) is 19.9. The molecule has 4 aliphatic rings. The normalized spacial score (nSPS) is 25.4. The molecular formula is C31H37ClN6O3. The molecule has 0 unspecified atom stereocenters. The number of nitrogens with zero attached hydrogens (tertiary/aromatic N) is 6. The van der Waals surface area contributed by atoms with E-state index in [9.17, 15) is 4.79 Å². The molecule has 9 nitrogen and oxygen atoms in total. The molecule has 3 aliphatic heterocycles. The number of aromatic nitrogens is 2. The van der Waals surface area contributed by atoms with Crippen LogP contribution in [0.3, 0.4) is 0 Å². The Kier molecular flexibility index (Phi) is 6.92. The van der Waals surface area contributed by atoms with Crippen LogP contribution in [0.4, 0.5) is 11.5 Å². The number of fused-ring (bicyclic) bond motifs is 3. The van der Waals surface area contributed by atoms with Crippen molar-refractivity contribution in [3.05, 3.63) is 52.7 Å². The number of anilines is 2. The van der Waals surface area contributed by atoms with Gasteiger partial charge in [-0.05, 0) is 62.2 Å². The van der Waals surface area contributed by atoms with Gasteiger partial charge >= 0.3 is 6.01 Å². The Hall–Kier alpha value is -3.14. The number of likely N-dealkylation sites (N-methyl/N-ethyl adjacent to an activating group) is 1. The van der Waals surface area contributed by atoms with E-state index in [0.29, 0.717) is 37.0 Å². The molecule has 3 fully saturated rings. The summed E-state index contributed by atoms with van der Waals surface area (Å²) in [4.78, 5) is 35.0. The van der Waals surface area contributed by atoms with E-state index in [4.69, 9.17) is 31.1 Å². The molecule has 1 saturated carbocycles. The predicted octanol–water partition coefficient (Wildman–Crippen LogP) is 4.02. The quantitative estimate of drug-likeness (QED) is 0.391. The first kappa shape index (κ1) is 26.7. The Morgan fingerprint density at radius 1 is 1.10 bits per heavy atom. The fourth-order valence-electron chi connectivity index (χ4n) is 7.19. The van der Waals surface area contributed by atoms with Gasteiger partial charge in [-0.1, -0.05) is 35.9 Å². The van der Waals surface area contributed by atoms with Crippen LogP contribution in [-0.2, 0) is 22.6 Å². The Bertz CT molecular complexity index is 1470. The Morgan fingerprint density at radius 3 is 2.61 bits per heavy atom. The molecule has 1 aliphatic carbocycles. The third-order valence-corrected chi connectivity index (χ3v) is 9.95. The van der Waals surface area contributed by atoms with Crippen LogP contribution in [0.15, 0.2) is 36.4 Å². The highest BCUT2D eigenvalue weighted by Crippen LogP contribution is 2.53. The van der Waals surface area contributed by atoms with Crippen LogP contribution >= 0.6 is 11.6 Å². The van der Waals surface area contributed by atoms with Gasteiger partial charge in [-0.25, -0.2) is 5.06 Å². The van der Waals surface area contributed by atoms with E-state index in [1.54, 1.807) is 7.05 Å². The fourth-order valence-corrected chi connectivity index (χ4v) is 7.46. The zero-order valence-electron chi connectivity index (χ0n) is 23.9. The molecule has 4 heterocycles. The van der Waals surface area contributed by atoms with Crippen molar-refractivity contribution in [2.24, 2.45) is 17.8 Å². The molecule has 7 rings (SSSR count). The summed E-state index contributed by atoms with van der Waals surface area (Å²) in [5, 5.41) is 4.33. The second-order valence-electron chi connectivity index (χ2n) is 11.9. The molecule has 10 heteroatoms. The van der Waals surface area contributed by atoms with Crippen molar-refractivity contribution in [3.8, 4) is 6.01 Å². The summed E-state index contributed by atoms with van der Waals surface area (Å²) in [5.41, 5.74) is 3.32. The third kappa shape index (κ3) is 4.77. The van der Waals surface area contributed by atoms with Gasteiger partial charge in [0.2, 0.25) is 5.91 Å². The zero-order chi connectivity index (χ0) is 28.2. The van der Waals surface area contributed by atoms with Gasteiger partial charge < -0.3 is 19.4 Å². The number of piperidine rings is 1. The topological polar surface area (TPSA) is 74.3 Å². The second-order valence-corrected chi connectivity index (χ2v) is 12.3. The lowest BCUT2D eigenvalue weighted by atomic mass is 10.0. The largest absolute Gasteiger partial charge is 0.462 e. The molecule has 2 aromatic carbocycles. The Balaban J connectivity index is 1.18. The number of likely N-dealkylation sites (tertiary alicyclic amines) is 1. The van der Waals surface area contributed by atoms with Crippen molar-refractivity contribution in [2.75, 3.05) is 63.8 Å². The van der Waals surface area contributed by atoms with Gasteiger partial charge in [0.25, 0.3) is 0 Å². The summed E-state index contributed by atoms with van der Waals surface area (Å²) in [7, 11) is 5.38. The molecular weight excluding hydrogens is 540 g/mol. The van der Waals surface area contributed by atoms with Crippen LogP contribution in [0.2, 0.25) is 5.02 Å². The van der Waals surface area contributed by atoms with Gasteiger partial charge in [-0.15, -0.1) is 0 Å². The lowest BCUT2D eigenvalue weighted by molar-refractivity contribution is -0.171. The molecule has 0 spiro atoms. The monoisotopic (exact) mass is 576 g/mol. The van der Waals surface area contributed by atoms with E-state index in [2.05, 4.69) is 46.0 Å². The highest BCUT2D eigenvalue weighted by molar-refractivity contribution is 6.36. The van der Waals surface area contributed by atoms with E-state index in [0.717, 1.165) is 72.0 Å². The predicted molar refractivity (Wildman–Crippen MR) is 159 cm³/mol. The van der Waals surface area contributed by atoms with Crippen LogP contribution in [0.1, 0.15) is 24.1 Å². The molecule has 2 saturated heterocycles. The number of amides is 1. The van der Waals surface area contributed by atoms with Crippen LogP contribution in [0, 0.1) is 17.8 Å². The SMILES string of the molecule is CON(C)C(=O)[C@H]1[C@@H]2CN(c3nc(OC[C@@H]4CCCN4C)nc4c3CCN(c3cccc5cccc(Cl)c35)C4)C[C@@H]21. The second kappa shape index (κ2) is 10.6. The van der Waals surface area contributed by atoms with Gasteiger partial charge in [0.05, 0.1) is 30.3 Å². The summed E-state index contributed by atoms with van der Waals surface area (Å²) in [6.45, 7) is 4.83. The summed E-state index contributed by atoms with van der Waals surface area (Å²) in [5.74, 6) is 1.74. The minimum atomic E-state index is 0.0362. The van der Waals surface area contributed by atoms with Gasteiger partial charge in [0.15, 0.2) is 0 Å². The van der Waals surface area contributed by atoms with Crippen molar-refractivity contribution in [1.82, 2.24) is 19.9 Å². The highest BCUT2D eigenvalue weighted by Gasteiger charge is 2.60. The van der Waals surface area contributed by atoms with Gasteiger partial charge in [-0.3, -0.25) is 9.63 Å². The number of benzene rings is 2. The average molecular weight is 577 g/mol. The molecule has 216 valence electrons. The molecule has 4 atom stereocenters. The van der Waals surface area contributed by atoms with Gasteiger partial charge in [0, 0.05) is 49.4 Å². The van der Waals surface area contributed by atoms with Crippen molar-refractivity contribution in [3.63, 3.8) is 0 Å². The van der Waals surface area contributed by atoms with Gasteiger partial charge in [-0.2, -0.15) is 9.97 Å². The maximum atomic E-state index is 12.7. The van der Waals surface area contributed by atoms with Crippen molar-refractivity contribution in [2.45, 2.75) is 31.8 Å².